The largest absolute Gasteiger partial charge is 0.469 e. The zero-order valence-corrected chi connectivity index (χ0v) is 16.4. The number of thioether (sulfide) groups is 1. The fraction of sp³-hybridized carbons (Fsp3) is 0.429. The average molecular weight is 387 g/mol. The summed E-state index contributed by atoms with van der Waals surface area (Å²) in [5, 5.41) is 8.58. The first kappa shape index (κ1) is 19.7. The molecular weight excluding hydrogens is 360 g/mol. The highest BCUT2D eigenvalue weighted by molar-refractivity contribution is 7.99. The number of carbonyl (C=O) groups excluding carboxylic acids is 2. The highest BCUT2D eigenvalue weighted by atomic mass is 32.2. The molecule has 1 amide bonds. The number of benzene rings is 2. The molecule has 2 aromatic carbocycles. The number of ether oxygens (including phenoxy) is 1. The Bertz CT molecular complexity index is 790. The van der Waals surface area contributed by atoms with E-state index >= 15 is 0 Å². The molecular formula is C21H26N2O3S. The third-order valence-corrected chi connectivity index (χ3v) is 5.94. The van der Waals surface area contributed by atoms with Crippen LogP contribution in [0.2, 0.25) is 0 Å². The van der Waals surface area contributed by atoms with Crippen molar-refractivity contribution in [2.75, 3.05) is 31.7 Å². The number of hydrogen-bond donors (Lipinski definition) is 2. The Labute approximate surface area is 164 Å². The summed E-state index contributed by atoms with van der Waals surface area (Å²) in [5.74, 6) is 1.32. The first-order chi connectivity index (χ1) is 13.2. The first-order valence-corrected chi connectivity index (χ1v) is 10.4. The van der Waals surface area contributed by atoms with Crippen LogP contribution in [0.5, 0.6) is 0 Å². The molecule has 1 aliphatic rings. The van der Waals surface area contributed by atoms with Crippen molar-refractivity contribution in [2.24, 2.45) is 5.92 Å². The van der Waals surface area contributed by atoms with Gasteiger partial charge in [-0.25, -0.2) is 0 Å². The molecule has 5 nitrogen and oxygen atoms in total. The molecule has 2 N–H and O–H groups in total. The molecule has 144 valence electrons. The molecule has 1 heterocycles. The lowest BCUT2D eigenvalue weighted by Crippen LogP contribution is -2.42. The molecule has 0 saturated carbocycles. The Balaban J connectivity index is 1.59. The minimum Gasteiger partial charge on any atom is -0.469 e. The third kappa shape index (κ3) is 5.71. The summed E-state index contributed by atoms with van der Waals surface area (Å²) < 4.78 is 4.95. The van der Waals surface area contributed by atoms with Gasteiger partial charge in [0.15, 0.2) is 0 Å². The maximum atomic E-state index is 12.2. The Hall–Kier alpha value is -2.05. The van der Waals surface area contributed by atoms with Crippen LogP contribution in [0, 0.1) is 5.92 Å². The molecule has 3 rings (SSSR count). The van der Waals surface area contributed by atoms with E-state index in [1.807, 2.05) is 30.0 Å². The van der Waals surface area contributed by atoms with E-state index in [1.54, 1.807) is 0 Å². The van der Waals surface area contributed by atoms with Crippen molar-refractivity contribution in [1.29, 1.82) is 0 Å². The Morgan fingerprint density at radius 2 is 2.07 bits per heavy atom. The number of hydrogen-bond acceptors (Lipinski definition) is 5. The van der Waals surface area contributed by atoms with Gasteiger partial charge in [0.25, 0.3) is 0 Å². The second-order valence-electron chi connectivity index (χ2n) is 6.84. The number of amides is 1. The highest BCUT2D eigenvalue weighted by Crippen LogP contribution is 2.18. The van der Waals surface area contributed by atoms with E-state index in [2.05, 4.69) is 34.9 Å². The van der Waals surface area contributed by atoms with Gasteiger partial charge in [0.05, 0.1) is 13.0 Å². The smallest absolute Gasteiger partial charge is 0.310 e. The minimum atomic E-state index is -0.395. The standard InChI is InChI=1S/C21H26N2O3S/c1-26-21(25)18(13-23-20(24)12-19-14-27-9-8-22-19)11-15-6-7-16-4-2-3-5-17(16)10-15/h2-7,10,18-19,22H,8-9,11-14H2,1H3,(H,23,24). The van der Waals surface area contributed by atoms with Gasteiger partial charge in [0.2, 0.25) is 5.91 Å². The molecule has 1 fully saturated rings. The van der Waals surface area contributed by atoms with Gasteiger partial charge >= 0.3 is 5.97 Å². The van der Waals surface area contributed by atoms with Crippen LogP contribution < -0.4 is 10.6 Å². The lowest BCUT2D eigenvalue weighted by atomic mass is 9.97. The van der Waals surface area contributed by atoms with Crippen LogP contribution in [0.15, 0.2) is 42.5 Å². The van der Waals surface area contributed by atoms with E-state index in [0.29, 0.717) is 12.8 Å². The Morgan fingerprint density at radius 3 is 2.81 bits per heavy atom. The SMILES string of the molecule is COC(=O)C(CNC(=O)CC1CSCCN1)Cc1ccc2ccccc2c1. The van der Waals surface area contributed by atoms with Crippen molar-refractivity contribution in [2.45, 2.75) is 18.9 Å². The highest BCUT2D eigenvalue weighted by Gasteiger charge is 2.22. The zero-order chi connectivity index (χ0) is 19.1. The number of esters is 1. The number of methoxy groups -OCH3 is 1. The molecule has 2 atom stereocenters. The molecule has 0 radical (unpaired) electrons. The van der Waals surface area contributed by atoms with E-state index in [4.69, 9.17) is 4.74 Å². The second kappa shape index (κ2) is 9.76. The fourth-order valence-electron chi connectivity index (χ4n) is 3.34. The topological polar surface area (TPSA) is 67.4 Å². The van der Waals surface area contributed by atoms with Crippen LogP contribution in [0.3, 0.4) is 0 Å². The van der Waals surface area contributed by atoms with Crippen molar-refractivity contribution >= 4 is 34.4 Å². The van der Waals surface area contributed by atoms with Gasteiger partial charge in [-0.1, -0.05) is 42.5 Å². The predicted molar refractivity (Wildman–Crippen MR) is 110 cm³/mol. The number of fused-ring (bicyclic) bond motifs is 1. The average Bonchev–Trinajstić information content (AvgIpc) is 2.71. The Morgan fingerprint density at radius 1 is 1.26 bits per heavy atom. The van der Waals surface area contributed by atoms with Gasteiger partial charge in [-0.2, -0.15) is 11.8 Å². The molecule has 0 aliphatic carbocycles. The molecule has 6 heteroatoms. The summed E-state index contributed by atoms with van der Waals surface area (Å²) >= 11 is 1.86. The van der Waals surface area contributed by atoms with E-state index in [1.165, 1.54) is 12.5 Å². The van der Waals surface area contributed by atoms with Crippen LogP contribution in [0.1, 0.15) is 12.0 Å². The summed E-state index contributed by atoms with van der Waals surface area (Å²) in [6.07, 6.45) is 0.978. The number of rotatable bonds is 7. The summed E-state index contributed by atoms with van der Waals surface area (Å²) in [5.41, 5.74) is 1.06. The monoisotopic (exact) mass is 386 g/mol. The molecule has 27 heavy (non-hydrogen) atoms. The van der Waals surface area contributed by atoms with Gasteiger partial charge in [0, 0.05) is 37.1 Å². The second-order valence-corrected chi connectivity index (χ2v) is 7.99. The predicted octanol–water partition coefficient (Wildman–Crippen LogP) is 2.38. The fourth-order valence-corrected chi connectivity index (χ4v) is 4.29. The van der Waals surface area contributed by atoms with E-state index in [0.717, 1.165) is 29.0 Å². The van der Waals surface area contributed by atoms with Crippen LogP contribution >= 0.6 is 11.8 Å². The summed E-state index contributed by atoms with van der Waals surface area (Å²) in [6, 6.07) is 14.5. The molecule has 2 unspecified atom stereocenters. The molecule has 1 aliphatic heterocycles. The van der Waals surface area contributed by atoms with Crippen molar-refractivity contribution in [3.63, 3.8) is 0 Å². The van der Waals surface area contributed by atoms with E-state index in [9.17, 15) is 9.59 Å². The van der Waals surface area contributed by atoms with Gasteiger partial charge in [-0.3, -0.25) is 9.59 Å². The van der Waals surface area contributed by atoms with Crippen molar-refractivity contribution in [1.82, 2.24) is 10.6 Å². The number of nitrogens with one attached hydrogen (secondary N) is 2. The first-order valence-electron chi connectivity index (χ1n) is 9.29. The molecule has 0 bridgehead atoms. The Kier molecular flexibility index (Phi) is 7.12. The maximum Gasteiger partial charge on any atom is 0.310 e. The molecule has 2 aromatic rings. The van der Waals surface area contributed by atoms with Crippen LogP contribution in [0.4, 0.5) is 0 Å². The summed E-state index contributed by atoms with van der Waals surface area (Å²) in [6.45, 7) is 1.23. The van der Waals surface area contributed by atoms with Gasteiger partial charge in [-0.05, 0) is 22.8 Å². The third-order valence-electron chi connectivity index (χ3n) is 4.81. The molecule has 0 aromatic heterocycles. The molecule has 0 spiro atoms. The quantitative estimate of drug-likeness (QED) is 0.715. The summed E-state index contributed by atoms with van der Waals surface area (Å²) in [7, 11) is 1.39. The zero-order valence-electron chi connectivity index (χ0n) is 15.6. The van der Waals surface area contributed by atoms with Crippen LogP contribution in [-0.4, -0.2) is 49.6 Å². The minimum absolute atomic E-state index is 0.0255. The van der Waals surface area contributed by atoms with Crippen molar-refractivity contribution in [3.05, 3.63) is 48.0 Å². The normalized spacial score (nSPS) is 18.0. The van der Waals surface area contributed by atoms with E-state index < -0.39 is 5.92 Å². The number of carbonyl (C=O) groups is 2. The lowest BCUT2D eigenvalue weighted by molar-refractivity contribution is -0.145. The van der Waals surface area contributed by atoms with E-state index in [-0.39, 0.29) is 24.5 Å². The lowest BCUT2D eigenvalue weighted by Gasteiger charge is -2.23. The van der Waals surface area contributed by atoms with Crippen molar-refractivity contribution in [3.8, 4) is 0 Å². The van der Waals surface area contributed by atoms with Gasteiger partial charge in [-0.15, -0.1) is 0 Å². The molecule has 1 saturated heterocycles. The van der Waals surface area contributed by atoms with Crippen LogP contribution in [-0.2, 0) is 20.7 Å². The van der Waals surface area contributed by atoms with Crippen molar-refractivity contribution < 1.29 is 14.3 Å². The summed E-state index contributed by atoms with van der Waals surface area (Å²) in [4.78, 5) is 24.4. The maximum absolute atomic E-state index is 12.2. The van der Waals surface area contributed by atoms with Gasteiger partial charge in [0.1, 0.15) is 0 Å². The van der Waals surface area contributed by atoms with Gasteiger partial charge < -0.3 is 15.4 Å². The van der Waals surface area contributed by atoms with Crippen LogP contribution in [0.25, 0.3) is 10.8 Å².